The molecule has 0 spiro atoms. The number of rotatable bonds is 2. The van der Waals surface area contributed by atoms with E-state index in [2.05, 4.69) is 29.2 Å². The predicted octanol–water partition coefficient (Wildman–Crippen LogP) is 0.741. The third kappa shape index (κ3) is 2.36. The van der Waals surface area contributed by atoms with Gasteiger partial charge in [-0.15, -0.1) is 11.8 Å². The molecule has 1 saturated heterocycles. The van der Waals surface area contributed by atoms with E-state index in [0.717, 1.165) is 13.0 Å². The first-order valence-electron chi connectivity index (χ1n) is 6.05. The zero-order valence-electron chi connectivity index (χ0n) is 9.62. The van der Waals surface area contributed by atoms with Crippen LogP contribution in [0.15, 0.2) is 29.2 Å². The average Bonchev–Trinajstić information content (AvgIpc) is 2.83. The molecular weight excluding hydrogens is 234 g/mol. The normalized spacial score (nSPS) is 32.9. The lowest BCUT2D eigenvalue weighted by Gasteiger charge is -2.18. The van der Waals surface area contributed by atoms with Crippen molar-refractivity contribution in [1.29, 1.82) is 0 Å². The largest absolute Gasteiger partial charge is 0.389 e. The van der Waals surface area contributed by atoms with Gasteiger partial charge in [-0.05, 0) is 18.1 Å². The molecule has 4 heteroatoms. The molecule has 2 aliphatic heterocycles. The average molecular weight is 251 g/mol. The first-order valence-corrected chi connectivity index (χ1v) is 6.93. The van der Waals surface area contributed by atoms with E-state index in [4.69, 9.17) is 0 Å². The van der Waals surface area contributed by atoms with Crippen LogP contribution in [0.2, 0.25) is 0 Å². The number of nitrogens with zero attached hydrogens (tertiary/aromatic N) is 1. The number of benzene rings is 1. The fourth-order valence-electron chi connectivity index (χ4n) is 2.64. The molecule has 1 aromatic carbocycles. The van der Waals surface area contributed by atoms with E-state index < -0.39 is 12.2 Å². The van der Waals surface area contributed by atoms with Crippen molar-refractivity contribution < 1.29 is 10.2 Å². The van der Waals surface area contributed by atoms with Gasteiger partial charge in [0.1, 0.15) is 0 Å². The monoisotopic (exact) mass is 251 g/mol. The number of thioether (sulfide) groups is 1. The molecule has 0 aliphatic carbocycles. The zero-order valence-corrected chi connectivity index (χ0v) is 10.4. The van der Waals surface area contributed by atoms with Gasteiger partial charge < -0.3 is 10.2 Å². The van der Waals surface area contributed by atoms with E-state index in [-0.39, 0.29) is 0 Å². The Morgan fingerprint density at radius 2 is 1.88 bits per heavy atom. The summed E-state index contributed by atoms with van der Waals surface area (Å²) in [5.41, 5.74) is 1.43. The molecule has 2 N–H and O–H groups in total. The molecule has 2 aliphatic rings. The fraction of sp³-hybridized carbons (Fsp3) is 0.538. The third-order valence-corrected chi connectivity index (χ3v) is 4.81. The zero-order chi connectivity index (χ0) is 11.8. The topological polar surface area (TPSA) is 43.7 Å². The Kier molecular flexibility index (Phi) is 3.13. The third-order valence-electron chi connectivity index (χ3n) is 3.51. The van der Waals surface area contributed by atoms with E-state index in [9.17, 15) is 10.2 Å². The second kappa shape index (κ2) is 4.61. The number of likely N-dealkylation sites (tertiary alicyclic amines) is 1. The number of hydrogen-bond acceptors (Lipinski definition) is 4. The molecule has 1 fully saturated rings. The maximum absolute atomic E-state index is 9.52. The Hall–Kier alpha value is -0.550. The molecule has 0 saturated carbocycles. The Morgan fingerprint density at radius 3 is 2.59 bits per heavy atom. The van der Waals surface area contributed by atoms with Crippen LogP contribution < -0.4 is 0 Å². The Bertz CT molecular complexity index is 377. The van der Waals surface area contributed by atoms with Crippen LogP contribution in [0.3, 0.4) is 0 Å². The van der Waals surface area contributed by atoms with Crippen molar-refractivity contribution in [3.8, 4) is 0 Å². The number of fused-ring (bicyclic) bond motifs is 1. The first kappa shape index (κ1) is 11.5. The molecule has 0 bridgehead atoms. The fourth-order valence-corrected chi connectivity index (χ4v) is 4.01. The van der Waals surface area contributed by atoms with E-state index in [1.54, 1.807) is 0 Å². The van der Waals surface area contributed by atoms with Crippen LogP contribution in [0.4, 0.5) is 0 Å². The summed E-state index contributed by atoms with van der Waals surface area (Å²) < 4.78 is 0. The van der Waals surface area contributed by atoms with Crippen molar-refractivity contribution in [3.05, 3.63) is 29.8 Å². The summed E-state index contributed by atoms with van der Waals surface area (Å²) in [7, 11) is 0. The highest BCUT2D eigenvalue weighted by atomic mass is 32.2. The summed E-state index contributed by atoms with van der Waals surface area (Å²) in [6.07, 6.45) is -0.0312. The highest BCUT2D eigenvalue weighted by Gasteiger charge is 2.32. The van der Waals surface area contributed by atoms with Gasteiger partial charge in [0.15, 0.2) is 0 Å². The van der Waals surface area contributed by atoms with Crippen LogP contribution in [0, 0.1) is 0 Å². The Balaban J connectivity index is 1.59. The van der Waals surface area contributed by atoms with Crippen molar-refractivity contribution in [2.45, 2.75) is 28.8 Å². The quantitative estimate of drug-likeness (QED) is 0.814. The molecule has 92 valence electrons. The molecule has 17 heavy (non-hydrogen) atoms. The van der Waals surface area contributed by atoms with E-state index >= 15 is 0 Å². The summed E-state index contributed by atoms with van der Waals surface area (Å²) in [6.45, 7) is 2.16. The second-order valence-corrected chi connectivity index (χ2v) is 6.25. The van der Waals surface area contributed by atoms with Crippen molar-refractivity contribution in [2.75, 3.05) is 19.6 Å². The highest BCUT2D eigenvalue weighted by Crippen LogP contribution is 2.37. The molecule has 3 nitrogen and oxygen atoms in total. The smallest absolute Gasteiger partial charge is 0.0938 e. The van der Waals surface area contributed by atoms with Crippen LogP contribution in [-0.2, 0) is 6.42 Å². The molecule has 3 rings (SSSR count). The summed E-state index contributed by atoms with van der Waals surface area (Å²) in [6, 6.07) is 8.53. The van der Waals surface area contributed by atoms with Gasteiger partial charge in [0.25, 0.3) is 0 Å². The standard InChI is InChI=1S/C13H17NO2S/c15-11-7-14(8-12(11)16)6-10-5-9-3-1-2-4-13(9)17-10/h1-4,10-12,15-16H,5-8H2/t10?,11-,12+. The van der Waals surface area contributed by atoms with Crippen LogP contribution in [0.5, 0.6) is 0 Å². The van der Waals surface area contributed by atoms with Gasteiger partial charge in [0, 0.05) is 29.8 Å². The number of β-amino-alcohol motifs (C(OH)–C–C–N with tert-alkyl or cyclic N) is 2. The van der Waals surface area contributed by atoms with Gasteiger partial charge >= 0.3 is 0 Å². The van der Waals surface area contributed by atoms with Crippen LogP contribution in [0.1, 0.15) is 5.56 Å². The van der Waals surface area contributed by atoms with Gasteiger partial charge in [-0.1, -0.05) is 18.2 Å². The molecule has 1 unspecified atom stereocenters. The van der Waals surface area contributed by atoms with Gasteiger partial charge in [-0.2, -0.15) is 0 Å². The summed E-state index contributed by atoms with van der Waals surface area (Å²) in [4.78, 5) is 3.55. The first-order chi connectivity index (χ1) is 8.22. The van der Waals surface area contributed by atoms with Crippen LogP contribution in [0.25, 0.3) is 0 Å². The maximum Gasteiger partial charge on any atom is 0.0938 e. The summed E-state index contributed by atoms with van der Waals surface area (Å²) >= 11 is 1.92. The molecule has 1 aromatic rings. The lowest BCUT2D eigenvalue weighted by atomic mass is 10.1. The number of hydrogen-bond donors (Lipinski definition) is 2. The minimum Gasteiger partial charge on any atom is -0.389 e. The molecule has 3 atom stereocenters. The molecule has 0 radical (unpaired) electrons. The number of aliphatic hydroxyl groups excluding tert-OH is 2. The van der Waals surface area contributed by atoms with Crippen molar-refractivity contribution in [3.63, 3.8) is 0 Å². The molecule has 2 heterocycles. The van der Waals surface area contributed by atoms with Crippen molar-refractivity contribution in [2.24, 2.45) is 0 Å². The van der Waals surface area contributed by atoms with Gasteiger partial charge in [-0.3, -0.25) is 4.90 Å². The van der Waals surface area contributed by atoms with Crippen LogP contribution in [-0.4, -0.2) is 52.2 Å². The lowest BCUT2D eigenvalue weighted by molar-refractivity contribution is 0.0572. The van der Waals surface area contributed by atoms with Gasteiger partial charge in [-0.25, -0.2) is 0 Å². The van der Waals surface area contributed by atoms with Crippen LogP contribution >= 0.6 is 11.8 Å². The van der Waals surface area contributed by atoms with Gasteiger partial charge in [0.2, 0.25) is 0 Å². The number of aliphatic hydroxyl groups is 2. The second-order valence-electron chi connectivity index (χ2n) is 4.90. The molecular formula is C13H17NO2S. The highest BCUT2D eigenvalue weighted by molar-refractivity contribution is 8.00. The van der Waals surface area contributed by atoms with Crippen molar-refractivity contribution in [1.82, 2.24) is 4.90 Å². The van der Waals surface area contributed by atoms with E-state index in [1.165, 1.54) is 10.5 Å². The summed E-state index contributed by atoms with van der Waals surface area (Å²) in [5, 5.41) is 19.6. The maximum atomic E-state index is 9.52. The molecule has 0 aromatic heterocycles. The molecule has 0 amide bonds. The predicted molar refractivity (Wildman–Crippen MR) is 68.2 cm³/mol. The van der Waals surface area contributed by atoms with E-state index in [1.807, 2.05) is 11.8 Å². The Morgan fingerprint density at radius 1 is 1.18 bits per heavy atom. The minimum atomic E-state index is -0.566. The Labute approximate surface area is 105 Å². The van der Waals surface area contributed by atoms with Gasteiger partial charge in [0.05, 0.1) is 12.2 Å². The van der Waals surface area contributed by atoms with E-state index in [0.29, 0.717) is 18.3 Å². The van der Waals surface area contributed by atoms with Crippen molar-refractivity contribution >= 4 is 11.8 Å². The lowest BCUT2D eigenvalue weighted by Crippen LogP contribution is -2.29. The minimum absolute atomic E-state index is 0.560. The summed E-state index contributed by atoms with van der Waals surface area (Å²) in [5.74, 6) is 0. The SMILES string of the molecule is O[C@@H]1CN(CC2Cc3ccccc3S2)C[C@@H]1O.